The van der Waals surface area contributed by atoms with Crippen molar-refractivity contribution >= 4 is 11.6 Å². The van der Waals surface area contributed by atoms with E-state index in [0.29, 0.717) is 18.3 Å². The van der Waals surface area contributed by atoms with Crippen LogP contribution in [0, 0.1) is 0 Å². The molecule has 0 radical (unpaired) electrons. The lowest BCUT2D eigenvalue weighted by atomic mass is 10.1. The Labute approximate surface area is 145 Å². The number of para-hydroxylation sites is 2. The van der Waals surface area contributed by atoms with Gasteiger partial charge in [0.1, 0.15) is 5.75 Å². The van der Waals surface area contributed by atoms with Gasteiger partial charge in [0.15, 0.2) is 5.96 Å². The van der Waals surface area contributed by atoms with Crippen molar-refractivity contribution in [1.29, 1.82) is 0 Å². The second-order valence-electron chi connectivity index (χ2n) is 6.26. The molecule has 0 spiro atoms. The van der Waals surface area contributed by atoms with Crippen molar-refractivity contribution in [2.24, 2.45) is 4.99 Å². The first-order valence-corrected chi connectivity index (χ1v) is 9.23. The van der Waals surface area contributed by atoms with Gasteiger partial charge in [0.05, 0.1) is 5.69 Å². The Morgan fingerprint density at radius 2 is 1.96 bits per heavy atom. The summed E-state index contributed by atoms with van der Waals surface area (Å²) in [4.78, 5) is 4.66. The Balaban J connectivity index is 1.96. The summed E-state index contributed by atoms with van der Waals surface area (Å²) in [6.07, 6.45) is 8.45. The molecular weight excluding hydrogens is 302 g/mol. The molecule has 0 bridgehead atoms. The summed E-state index contributed by atoms with van der Waals surface area (Å²) in [6.45, 7) is 4.18. The monoisotopic (exact) mass is 333 g/mol. The number of benzene rings is 1. The topological polar surface area (TPSA) is 65.9 Å². The van der Waals surface area contributed by atoms with Crippen LogP contribution in [0.15, 0.2) is 29.3 Å². The first kappa shape index (κ1) is 18.6. The second kappa shape index (κ2) is 10.9. The number of aromatic hydroxyl groups is 1. The third kappa shape index (κ3) is 6.79. The first-order valence-electron chi connectivity index (χ1n) is 9.23. The molecule has 5 nitrogen and oxygen atoms in total. The third-order valence-corrected chi connectivity index (χ3v) is 4.27. The molecule has 0 aliphatic heterocycles. The van der Waals surface area contributed by atoms with Crippen LogP contribution in [-0.4, -0.2) is 36.9 Å². The van der Waals surface area contributed by atoms with E-state index in [0.717, 1.165) is 25.6 Å². The molecule has 1 aliphatic rings. The fourth-order valence-corrected chi connectivity index (χ4v) is 2.95. The quantitative estimate of drug-likeness (QED) is 0.233. The Morgan fingerprint density at radius 1 is 1.21 bits per heavy atom. The minimum absolute atomic E-state index is 0.238. The highest BCUT2D eigenvalue weighted by Crippen LogP contribution is 2.22. The maximum absolute atomic E-state index is 9.99. The van der Waals surface area contributed by atoms with Crippen LogP contribution in [0.1, 0.15) is 51.9 Å². The van der Waals surface area contributed by atoms with Gasteiger partial charge in [0, 0.05) is 25.8 Å². The van der Waals surface area contributed by atoms with Crippen LogP contribution in [0.5, 0.6) is 5.75 Å². The lowest BCUT2D eigenvalue weighted by molar-refractivity contribution is 0.146. The Bertz CT molecular complexity index is 497. The molecule has 1 fully saturated rings. The fourth-order valence-electron chi connectivity index (χ4n) is 2.95. The van der Waals surface area contributed by atoms with Crippen molar-refractivity contribution in [3.05, 3.63) is 24.3 Å². The molecule has 24 heavy (non-hydrogen) atoms. The van der Waals surface area contributed by atoms with Gasteiger partial charge < -0.3 is 20.5 Å². The number of nitrogens with zero attached hydrogens (tertiary/aromatic N) is 1. The van der Waals surface area contributed by atoms with Crippen LogP contribution in [0.25, 0.3) is 0 Å². The number of guanidine groups is 1. The molecule has 1 aliphatic carbocycles. The maximum Gasteiger partial charge on any atom is 0.196 e. The van der Waals surface area contributed by atoms with Crippen LogP contribution in [0.4, 0.5) is 5.69 Å². The number of hydrogen-bond donors (Lipinski definition) is 3. The van der Waals surface area contributed by atoms with Gasteiger partial charge in [-0.15, -0.1) is 0 Å². The molecule has 0 heterocycles. The van der Waals surface area contributed by atoms with Crippen molar-refractivity contribution in [3.8, 4) is 5.75 Å². The molecule has 0 aromatic heterocycles. The lowest BCUT2D eigenvalue weighted by Gasteiger charge is -2.20. The van der Waals surface area contributed by atoms with Crippen molar-refractivity contribution < 1.29 is 9.84 Å². The first-order chi connectivity index (χ1) is 11.8. The molecule has 5 heteroatoms. The largest absolute Gasteiger partial charge is 0.506 e. The van der Waals surface area contributed by atoms with E-state index in [2.05, 4.69) is 15.6 Å². The number of hydrogen-bond acceptors (Lipinski definition) is 3. The van der Waals surface area contributed by atoms with E-state index in [-0.39, 0.29) is 5.75 Å². The van der Waals surface area contributed by atoms with Crippen LogP contribution < -0.4 is 10.6 Å². The van der Waals surface area contributed by atoms with Crippen molar-refractivity contribution in [2.75, 3.05) is 25.1 Å². The SMILES string of the molecule is CCOCCCN=C(Nc1ccccc1O)NC1CCCCCC1. The van der Waals surface area contributed by atoms with Gasteiger partial charge in [0.25, 0.3) is 0 Å². The zero-order valence-corrected chi connectivity index (χ0v) is 14.8. The molecule has 3 N–H and O–H groups in total. The van der Waals surface area contributed by atoms with Gasteiger partial charge in [-0.05, 0) is 38.3 Å². The Hall–Kier alpha value is -1.75. The summed E-state index contributed by atoms with van der Waals surface area (Å²) in [5, 5.41) is 16.8. The minimum Gasteiger partial charge on any atom is -0.506 e. The van der Waals surface area contributed by atoms with Crippen LogP contribution in [0.2, 0.25) is 0 Å². The standard InChI is InChI=1S/C19H31N3O2/c1-2-24-15-9-14-20-19(21-16-10-5-3-4-6-11-16)22-17-12-7-8-13-18(17)23/h7-8,12-13,16,23H,2-6,9-11,14-15H2,1H3,(H2,20,21,22). The summed E-state index contributed by atoms with van der Waals surface area (Å²) in [6, 6.07) is 7.72. The summed E-state index contributed by atoms with van der Waals surface area (Å²) < 4.78 is 5.37. The zero-order valence-electron chi connectivity index (χ0n) is 14.8. The number of rotatable bonds is 7. The van der Waals surface area contributed by atoms with E-state index in [1.807, 2.05) is 25.1 Å². The van der Waals surface area contributed by atoms with Gasteiger partial charge in [-0.25, -0.2) is 0 Å². The van der Waals surface area contributed by atoms with Crippen molar-refractivity contribution in [2.45, 2.75) is 57.9 Å². The zero-order chi connectivity index (χ0) is 17.0. The summed E-state index contributed by atoms with van der Waals surface area (Å²) >= 11 is 0. The van der Waals surface area contributed by atoms with Crippen molar-refractivity contribution in [1.82, 2.24) is 5.32 Å². The molecule has 0 saturated heterocycles. The van der Waals surface area contributed by atoms with E-state index < -0.39 is 0 Å². The molecule has 2 rings (SSSR count). The van der Waals surface area contributed by atoms with E-state index >= 15 is 0 Å². The smallest absolute Gasteiger partial charge is 0.196 e. The van der Waals surface area contributed by atoms with E-state index in [4.69, 9.17) is 4.74 Å². The fraction of sp³-hybridized carbons (Fsp3) is 0.632. The lowest BCUT2D eigenvalue weighted by Crippen LogP contribution is -2.39. The van der Waals surface area contributed by atoms with Crippen molar-refractivity contribution in [3.63, 3.8) is 0 Å². The van der Waals surface area contributed by atoms with Crippen LogP contribution >= 0.6 is 0 Å². The molecule has 0 amide bonds. The molecular formula is C19H31N3O2. The van der Waals surface area contributed by atoms with Gasteiger partial charge in [0.2, 0.25) is 0 Å². The molecule has 0 unspecified atom stereocenters. The highest BCUT2D eigenvalue weighted by atomic mass is 16.5. The highest BCUT2D eigenvalue weighted by molar-refractivity contribution is 5.95. The van der Waals surface area contributed by atoms with E-state index in [9.17, 15) is 5.11 Å². The predicted molar refractivity (Wildman–Crippen MR) is 99.8 cm³/mol. The second-order valence-corrected chi connectivity index (χ2v) is 6.26. The van der Waals surface area contributed by atoms with Gasteiger partial charge in [-0.2, -0.15) is 0 Å². The summed E-state index contributed by atoms with van der Waals surface area (Å²) in [5.41, 5.74) is 0.683. The Morgan fingerprint density at radius 3 is 2.67 bits per heavy atom. The summed E-state index contributed by atoms with van der Waals surface area (Å²) in [7, 11) is 0. The molecule has 134 valence electrons. The maximum atomic E-state index is 9.99. The Kier molecular flexibility index (Phi) is 8.46. The van der Waals surface area contributed by atoms with E-state index in [1.54, 1.807) is 6.07 Å². The third-order valence-electron chi connectivity index (χ3n) is 4.27. The van der Waals surface area contributed by atoms with Gasteiger partial charge in [-0.1, -0.05) is 37.8 Å². The molecule has 1 aromatic carbocycles. The van der Waals surface area contributed by atoms with E-state index in [1.165, 1.54) is 38.5 Å². The normalized spacial score (nSPS) is 16.6. The molecule has 1 saturated carbocycles. The number of nitrogens with one attached hydrogen (secondary N) is 2. The van der Waals surface area contributed by atoms with Crippen LogP contribution in [-0.2, 0) is 4.74 Å². The highest BCUT2D eigenvalue weighted by Gasteiger charge is 2.14. The van der Waals surface area contributed by atoms with Crippen LogP contribution in [0.3, 0.4) is 0 Å². The predicted octanol–water partition coefficient (Wildman–Crippen LogP) is 3.90. The molecule has 1 aromatic rings. The number of phenols is 1. The number of phenolic OH excluding ortho intramolecular Hbond substituents is 1. The number of aliphatic imine (C=N–C) groups is 1. The number of ether oxygens (including phenoxy) is 1. The summed E-state index contributed by atoms with van der Waals surface area (Å²) in [5.74, 6) is 0.988. The molecule has 0 atom stereocenters. The average Bonchev–Trinajstić information content (AvgIpc) is 2.85. The number of anilines is 1. The van der Waals surface area contributed by atoms with Gasteiger partial charge in [-0.3, -0.25) is 4.99 Å². The average molecular weight is 333 g/mol. The van der Waals surface area contributed by atoms with Gasteiger partial charge >= 0.3 is 0 Å². The minimum atomic E-state index is 0.238.